The number of carbonyl (C=O) groups excluding carboxylic acids is 1. The molecule has 5 heteroatoms. The number of halogens is 1. The highest BCUT2D eigenvalue weighted by atomic mass is 79.9. The monoisotopic (exact) mass is 245 g/mol. The van der Waals surface area contributed by atoms with Crippen molar-refractivity contribution in [1.82, 2.24) is 15.5 Å². The molecule has 0 saturated heterocycles. The van der Waals surface area contributed by atoms with Gasteiger partial charge in [0.25, 0.3) is 0 Å². The number of nitrogens with one attached hydrogen (secondary N) is 2. The Labute approximate surface area is 85.2 Å². The molecule has 2 N–H and O–H groups in total. The van der Waals surface area contributed by atoms with Crippen molar-refractivity contribution in [3.8, 4) is 0 Å². The van der Waals surface area contributed by atoms with E-state index < -0.39 is 0 Å². The zero-order valence-corrected chi connectivity index (χ0v) is 9.18. The Morgan fingerprint density at radius 1 is 1.85 bits per heavy atom. The number of alkyl halides is 1. The van der Waals surface area contributed by atoms with E-state index in [1.165, 1.54) is 0 Å². The average Bonchev–Trinajstić information content (AvgIpc) is 2.47. The Morgan fingerprint density at radius 3 is 3.00 bits per heavy atom. The molecule has 0 aliphatic heterocycles. The van der Waals surface area contributed by atoms with Gasteiger partial charge in [0.1, 0.15) is 0 Å². The normalized spacial score (nSPS) is 12.5. The molecule has 0 aromatic carbocycles. The number of hydrogen-bond acceptors (Lipinski definition) is 2. The smallest absolute Gasteiger partial charge is 0.233 e. The lowest BCUT2D eigenvalue weighted by Crippen LogP contribution is -2.28. The summed E-state index contributed by atoms with van der Waals surface area (Å²) in [6.45, 7) is 4.24. The Balaban J connectivity index is 2.44. The molecule has 0 spiro atoms. The van der Waals surface area contributed by atoms with E-state index in [0.29, 0.717) is 6.54 Å². The van der Waals surface area contributed by atoms with Crippen LogP contribution in [-0.2, 0) is 11.3 Å². The minimum atomic E-state index is -0.153. The molecule has 0 fully saturated rings. The maximum atomic E-state index is 11.2. The van der Waals surface area contributed by atoms with E-state index in [1.807, 2.05) is 6.92 Å². The molecule has 0 aliphatic rings. The van der Waals surface area contributed by atoms with Crippen LogP contribution < -0.4 is 5.32 Å². The first-order chi connectivity index (χ1) is 6.11. The van der Waals surface area contributed by atoms with Crippen molar-refractivity contribution in [1.29, 1.82) is 0 Å². The highest BCUT2D eigenvalue weighted by Gasteiger charge is 2.08. The summed E-state index contributed by atoms with van der Waals surface area (Å²) >= 11 is 3.19. The minimum absolute atomic E-state index is 0.0133. The van der Waals surface area contributed by atoms with Gasteiger partial charge in [-0.05, 0) is 13.8 Å². The molecule has 0 saturated carbocycles. The van der Waals surface area contributed by atoms with E-state index in [4.69, 9.17) is 0 Å². The van der Waals surface area contributed by atoms with Gasteiger partial charge in [-0.1, -0.05) is 15.9 Å². The molecule has 4 nitrogen and oxygen atoms in total. The minimum Gasteiger partial charge on any atom is -0.351 e. The number of amides is 1. The summed E-state index contributed by atoms with van der Waals surface area (Å²) in [5, 5.41) is 9.44. The largest absolute Gasteiger partial charge is 0.351 e. The van der Waals surface area contributed by atoms with Gasteiger partial charge < -0.3 is 5.32 Å². The molecule has 1 unspecified atom stereocenters. The zero-order chi connectivity index (χ0) is 9.84. The first-order valence-electron chi connectivity index (χ1n) is 4.02. The number of aryl methyl sites for hydroxylation is 1. The second kappa shape index (κ2) is 4.41. The Hall–Kier alpha value is -0.840. The van der Waals surface area contributed by atoms with E-state index in [2.05, 4.69) is 31.4 Å². The van der Waals surface area contributed by atoms with Crippen molar-refractivity contribution in [3.05, 3.63) is 17.5 Å². The first-order valence-corrected chi connectivity index (χ1v) is 4.93. The van der Waals surface area contributed by atoms with Crippen LogP contribution in [0.3, 0.4) is 0 Å². The highest BCUT2D eigenvalue weighted by molar-refractivity contribution is 9.10. The van der Waals surface area contributed by atoms with Gasteiger partial charge >= 0.3 is 0 Å². The van der Waals surface area contributed by atoms with E-state index in [1.54, 1.807) is 13.1 Å². The van der Waals surface area contributed by atoms with Crippen LogP contribution in [-0.4, -0.2) is 20.9 Å². The van der Waals surface area contributed by atoms with Gasteiger partial charge in [-0.3, -0.25) is 9.89 Å². The third-order valence-electron chi connectivity index (χ3n) is 1.75. The van der Waals surface area contributed by atoms with Crippen molar-refractivity contribution < 1.29 is 4.79 Å². The second-order valence-corrected chi connectivity index (χ2v) is 4.23. The zero-order valence-electron chi connectivity index (χ0n) is 7.60. The Kier molecular flexibility index (Phi) is 3.48. The number of nitrogens with zero attached hydrogens (tertiary/aromatic N) is 1. The summed E-state index contributed by atoms with van der Waals surface area (Å²) in [5.74, 6) is -0.0133. The summed E-state index contributed by atoms with van der Waals surface area (Å²) in [5.41, 5.74) is 2.00. The van der Waals surface area contributed by atoms with Gasteiger partial charge in [-0.2, -0.15) is 5.10 Å². The molecular formula is C8H12BrN3O. The summed E-state index contributed by atoms with van der Waals surface area (Å²) < 4.78 is 0. The van der Waals surface area contributed by atoms with E-state index in [9.17, 15) is 4.79 Å². The average molecular weight is 246 g/mol. The summed E-state index contributed by atoms with van der Waals surface area (Å²) in [6, 6.07) is 0. The molecule has 0 aliphatic carbocycles. The molecular weight excluding hydrogens is 234 g/mol. The molecule has 1 rings (SSSR count). The SMILES string of the molecule is Cc1[nH]ncc1CNC(=O)C(C)Br. The van der Waals surface area contributed by atoms with Crippen LogP contribution in [0.1, 0.15) is 18.2 Å². The number of aromatic amines is 1. The van der Waals surface area contributed by atoms with Crippen LogP contribution in [0, 0.1) is 6.92 Å². The van der Waals surface area contributed by atoms with E-state index >= 15 is 0 Å². The van der Waals surface area contributed by atoms with Gasteiger partial charge in [-0.25, -0.2) is 0 Å². The maximum Gasteiger partial charge on any atom is 0.233 e. The number of rotatable bonds is 3. The number of carbonyl (C=O) groups is 1. The van der Waals surface area contributed by atoms with Gasteiger partial charge in [0, 0.05) is 17.8 Å². The fourth-order valence-corrected chi connectivity index (χ4v) is 1.04. The van der Waals surface area contributed by atoms with Crippen LogP contribution in [0.25, 0.3) is 0 Å². The molecule has 1 amide bonds. The molecule has 1 aromatic heterocycles. The van der Waals surface area contributed by atoms with Crippen molar-refractivity contribution in [3.63, 3.8) is 0 Å². The third-order valence-corrected chi connectivity index (χ3v) is 2.16. The molecule has 0 bridgehead atoms. The lowest BCUT2D eigenvalue weighted by atomic mass is 10.2. The Bertz CT molecular complexity index is 295. The number of hydrogen-bond donors (Lipinski definition) is 2. The fraction of sp³-hybridized carbons (Fsp3) is 0.500. The van der Waals surface area contributed by atoms with Gasteiger partial charge in [0.15, 0.2) is 0 Å². The standard InChI is InChI=1S/C8H12BrN3O/c1-5(9)8(13)10-3-7-4-11-12-6(7)2/h4-5H,3H2,1-2H3,(H,10,13)(H,11,12). The van der Waals surface area contributed by atoms with Crippen LogP contribution >= 0.6 is 15.9 Å². The quantitative estimate of drug-likeness (QED) is 0.785. The molecule has 13 heavy (non-hydrogen) atoms. The lowest BCUT2D eigenvalue weighted by Gasteiger charge is -2.05. The molecule has 1 heterocycles. The van der Waals surface area contributed by atoms with Crippen LogP contribution in [0.2, 0.25) is 0 Å². The molecule has 1 aromatic rings. The Morgan fingerprint density at radius 2 is 2.54 bits per heavy atom. The third kappa shape index (κ3) is 2.84. The topological polar surface area (TPSA) is 57.8 Å². The van der Waals surface area contributed by atoms with Crippen molar-refractivity contribution in [2.75, 3.05) is 0 Å². The van der Waals surface area contributed by atoms with Crippen molar-refractivity contribution >= 4 is 21.8 Å². The van der Waals surface area contributed by atoms with E-state index in [0.717, 1.165) is 11.3 Å². The van der Waals surface area contributed by atoms with Crippen molar-refractivity contribution in [2.45, 2.75) is 25.2 Å². The van der Waals surface area contributed by atoms with Crippen LogP contribution in [0.5, 0.6) is 0 Å². The molecule has 72 valence electrons. The molecule has 1 atom stereocenters. The van der Waals surface area contributed by atoms with Gasteiger partial charge in [-0.15, -0.1) is 0 Å². The van der Waals surface area contributed by atoms with Crippen LogP contribution in [0.4, 0.5) is 0 Å². The molecule has 0 radical (unpaired) electrons. The first kappa shape index (κ1) is 10.2. The summed E-state index contributed by atoms with van der Waals surface area (Å²) in [6.07, 6.45) is 1.72. The second-order valence-electron chi connectivity index (χ2n) is 2.85. The lowest BCUT2D eigenvalue weighted by molar-refractivity contribution is -0.120. The van der Waals surface area contributed by atoms with Crippen molar-refractivity contribution in [2.24, 2.45) is 0 Å². The fourth-order valence-electron chi connectivity index (χ4n) is 0.877. The predicted molar refractivity (Wildman–Crippen MR) is 53.6 cm³/mol. The number of H-pyrrole nitrogens is 1. The van der Waals surface area contributed by atoms with Gasteiger partial charge in [0.2, 0.25) is 5.91 Å². The van der Waals surface area contributed by atoms with Gasteiger partial charge in [0.05, 0.1) is 11.0 Å². The summed E-state index contributed by atoms with van der Waals surface area (Å²) in [4.78, 5) is 11.0. The number of aromatic nitrogens is 2. The van der Waals surface area contributed by atoms with Crippen LogP contribution in [0.15, 0.2) is 6.20 Å². The summed E-state index contributed by atoms with van der Waals surface area (Å²) in [7, 11) is 0. The predicted octanol–water partition coefficient (Wildman–Crippen LogP) is 1.12. The maximum absolute atomic E-state index is 11.2. The van der Waals surface area contributed by atoms with E-state index in [-0.39, 0.29) is 10.7 Å². The highest BCUT2D eigenvalue weighted by Crippen LogP contribution is 2.02.